The lowest BCUT2D eigenvalue weighted by molar-refractivity contribution is 0.0564. The van der Waals surface area contributed by atoms with E-state index >= 15 is 0 Å². The first-order valence-corrected chi connectivity index (χ1v) is 7.41. The van der Waals surface area contributed by atoms with Crippen molar-refractivity contribution >= 4 is 10.1 Å². The predicted octanol–water partition coefficient (Wildman–Crippen LogP) is 2.00. The molecule has 0 radical (unpaired) electrons. The van der Waals surface area contributed by atoms with Gasteiger partial charge in [0.15, 0.2) is 0 Å². The van der Waals surface area contributed by atoms with Crippen molar-refractivity contribution in [3.63, 3.8) is 0 Å². The maximum absolute atomic E-state index is 11.7. The minimum atomic E-state index is -3.58. The van der Waals surface area contributed by atoms with E-state index in [2.05, 4.69) is 0 Å². The van der Waals surface area contributed by atoms with E-state index in [4.69, 9.17) is 4.18 Å². The van der Waals surface area contributed by atoms with Crippen LogP contribution in [0.5, 0.6) is 0 Å². The molecule has 0 atom stereocenters. The van der Waals surface area contributed by atoms with Gasteiger partial charge in [0.2, 0.25) is 0 Å². The van der Waals surface area contributed by atoms with Gasteiger partial charge in [-0.2, -0.15) is 8.42 Å². The van der Waals surface area contributed by atoms with Crippen LogP contribution in [0.25, 0.3) is 0 Å². The number of aliphatic hydroxyl groups is 1. The van der Waals surface area contributed by atoms with Crippen LogP contribution >= 0.6 is 0 Å². The van der Waals surface area contributed by atoms with Crippen LogP contribution in [0.3, 0.4) is 0 Å². The van der Waals surface area contributed by atoms with Gasteiger partial charge in [0.05, 0.1) is 12.2 Å². The van der Waals surface area contributed by atoms with Gasteiger partial charge >= 0.3 is 0 Å². The smallest absolute Gasteiger partial charge is 0.271 e. The highest BCUT2D eigenvalue weighted by molar-refractivity contribution is 7.85. The molecule has 0 fully saturated rings. The molecule has 0 aliphatic heterocycles. The van der Waals surface area contributed by atoms with Crippen molar-refractivity contribution in [3.8, 4) is 0 Å². The summed E-state index contributed by atoms with van der Waals surface area (Å²) in [5.74, 6) is -0.140. The lowest BCUT2D eigenvalue weighted by Crippen LogP contribution is -2.22. The highest BCUT2D eigenvalue weighted by Crippen LogP contribution is 2.12. The highest BCUT2D eigenvalue weighted by Gasteiger charge is 2.17. The molecule has 0 aromatic heterocycles. The van der Waals surface area contributed by atoms with Crippen LogP contribution in [0.1, 0.15) is 31.4 Å². The monoisotopic (exact) mass is 272 g/mol. The minimum absolute atomic E-state index is 0.00229. The fourth-order valence-corrected chi connectivity index (χ4v) is 2.37. The summed E-state index contributed by atoms with van der Waals surface area (Å²) in [6.07, 6.45) is 0.278. The summed E-state index contributed by atoms with van der Waals surface area (Å²) in [6.45, 7) is 5.17. The maximum atomic E-state index is 11.7. The summed E-state index contributed by atoms with van der Waals surface area (Å²) in [5.41, 5.74) is 0.863. The average molecular weight is 272 g/mol. The van der Waals surface area contributed by atoms with Gasteiger partial charge in [-0.15, -0.1) is 0 Å². The van der Waals surface area contributed by atoms with E-state index in [-0.39, 0.29) is 18.8 Å². The molecule has 0 saturated carbocycles. The molecule has 0 heterocycles. The molecule has 0 saturated heterocycles. The first-order valence-electron chi connectivity index (χ1n) is 5.83. The van der Waals surface area contributed by atoms with Gasteiger partial charge in [0, 0.05) is 6.42 Å². The van der Waals surface area contributed by atoms with Gasteiger partial charge in [-0.1, -0.05) is 29.8 Å². The second-order valence-corrected chi connectivity index (χ2v) is 6.71. The Morgan fingerprint density at radius 3 is 2.28 bits per heavy atom. The van der Waals surface area contributed by atoms with E-state index in [0.717, 1.165) is 5.56 Å². The predicted molar refractivity (Wildman–Crippen MR) is 70.7 cm³/mol. The van der Waals surface area contributed by atoms with E-state index in [9.17, 15) is 13.5 Å². The van der Waals surface area contributed by atoms with Crippen molar-refractivity contribution in [2.24, 2.45) is 0 Å². The zero-order chi connectivity index (χ0) is 13.8. The lowest BCUT2D eigenvalue weighted by atomic mass is 10.1. The van der Waals surface area contributed by atoms with Crippen molar-refractivity contribution in [2.45, 2.75) is 38.5 Å². The fourth-order valence-electron chi connectivity index (χ4n) is 1.35. The van der Waals surface area contributed by atoms with Crippen molar-refractivity contribution in [1.29, 1.82) is 0 Å². The number of benzene rings is 1. The Labute approximate surface area is 109 Å². The van der Waals surface area contributed by atoms with Crippen LogP contribution in [0, 0.1) is 6.92 Å². The number of hydrogen-bond acceptors (Lipinski definition) is 4. The van der Waals surface area contributed by atoms with Crippen LogP contribution in [-0.2, 0) is 20.1 Å². The van der Waals surface area contributed by atoms with Crippen LogP contribution in [-0.4, -0.2) is 25.7 Å². The summed E-state index contributed by atoms with van der Waals surface area (Å²) >= 11 is 0. The molecule has 0 spiro atoms. The van der Waals surface area contributed by atoms with Crippen LogP contribution in [0.15, 0.2) is 24.3 Å². The van der Waals surface area contributed by atoms with Crippen molar-refractivity contribution in [2.75, 3.05) is 6.61 Å². The molecule has 102 valence electrons. The van der Waals surface area contributed by atoms with E-state index < -0.39 is 15.7 Å². The summed E-state index contributed by atoms with van der Waals surface area (Å²) in [6, 6.07) is 7.27. The lowest BCUT2D eigenvalue weighted by Gasteiger charge is -2.16. The quantitative estimate of drug-likeness (QED) is 0.805. The van der Waals surface area contributed by atoms with Crippen LogP contribution in [0.2, 0.25) is 0 Å². The molecular weight excluding hydrogens is 252 g/mol. The van der Waals surface area contributed by atoms with Gasteiger partial charge in [-0.3, -0.25) is 4.18 Å². The molecule has 1 aromatic rings. The number of rotatable bonds is 6. The fraction of sp³-hybridized carbons (Fsp3) is 0.538. The SMILES string of the molecule is Cc1ccc(CS(=O)(=O)OCCC(C)(C)O)cc1. The molecule has 1 N–H and O–H groups in total. The molecule has 18 heavy (non-hydrogen) atoms. The summed E-state index contributed by atoms with van der Waals surface area (Å²) < 4.78 is 28.2. The Balaban J connectivity index is 2.52. The Kier molecular flexibility index (Phi) is 4.90. The second kappa shape index (κ2) is 5.82. The van der Waals surface area contributed by atoms with Gasteiger partial charge in [0.25, 0.3) is 10.1 Å². The molecule has 1 aromatic carbocycles. The molecule has 0 unspecified atom stereocenters. The van der Waals surface area contributed by atoms with E-state index in [1.165, 1.54) is 0 Å². The molecule has 0 aliphatic rings. The van der Waals surface area contributed by atoms with Crippen molar-refractivity contribution in [3.05, 3.63) is 35.4 Å². The summed E-state index contributed by atoms with van der Waals surface area (Å²) in [7, 11) is -3.58. The van der Waals surface area contributed by atoms with E-state index in [1.807, 2.05) is 19.1 Å². The van der Waals surface area contributed by atoms with Crippen molar-refractivity contribution < 1.29 is 17.7 Å². The van der Waals surface area contributed by atoms with E-state index in [0.29, 0.717) is 5.56 Å². The van der Waals surface area contributed by atoms with Crippen LogP contribution in [0.4, 0.5) is 0 Å². The number of hydrogen-bond donors (Lipinski definition) is 1. The zero-order valence-electron chi connectivity index (χ0n) is 11.0. The third-order valence-corrected chi connectivity index (χ3v) is 3.65. The molecule has 0 aliphatic carbocycles. The second-order valence-electron chi connectivity index (χ2n) is 5.07. The van der Waals surface area contributed by atoms with Crippen molar-refractivity contribution in [1.82, 2.24) is 0 Å². The third-order valence-electron chi connectivity index (χ3n) is 2.44. The Morgan fingerprint density at radius 2 is 1.78 bits per heavy atom. The molecule has 0 bridgehead atoms. The largest absolute Gasteiger partial charge is 0.390 e. The molecule has 4 nitrogen and oxygen atoms in total. The first-order chi connectivity index (χ1) is 8.18. The average Bonchev–Trinajstić information content (AvgIpc) is 2.18. The van der Waals surface area contributed by atoms with Gasteiger partial charge in [-0.05, 0) is 26.3 Å². The highest BCUT2D eigenvalue weighted by atomic mass is 32.2. The van der Waals surface area contributed by atoms with Gasteiger partial charge in [-0.25, -0.2) is 0 Å². The standard InChI is InChI=1S/C13H20O4S/c1-11-4-6-12(7-5-11)10-18(15,16)17-9-8-13(2,3)14/h4-7,14H,8-10H2,1-3H3. The van der Waals surface area contributed by atoms with E-state index in [1.54, 1.807) is 26.0 Å². The van der Waals surface area contributed by atoms with Gasteiger partial charge in [0.1, 0.15) is 5.75 Å². The summed E-state index contributed by atoms with van der Waals surface area (Å²) in [4.78, 5) is 0. The summed E-state index contributed by atoms with van der Waals surface area (Å²) in [5, 5.41) is 9.46. The third kappa shape index (κ3) is 6.14. The topological polar surface area (TPSA) is 63.6 Å². The number of aryl methyl sites for hydroxylation is 1. The Morgan fingerprint density at radius 1 is 1.22 bits per heavy atom. The zero-order valence-corrected chi connectivity index (χ0v) is 11.8. The normalized spacial score (nSPS) is 12.7. The minimum Gasteiger partial charge on any atom is -0.390 e. The van der Waals surface area contributed by atoms with Gasteiger partial charge < -0.3 is 5.11 Å². The maximum Gasteiger partial charge on any atom is 0.271 e. The first kappa shape index (κ1) is 15.1. The molecule has 0 amide bonds. The molecule has 1 rings (SSSR count). The van der Waals surface area contributed by atoms with Crippen LogP contribution < -0.4 is 0 Å². The Hall–Kier alpha value is -0.910. The molecular formula is C13H20O4S. The molecule has 5 heteroatoms. The Bertz CT molecular complexity index is 469.